The topological polar surface area (TPSA) is 66.5 Å². The van der Waals surface area contributed by atoms with Crippen molar-refractivity contribution in [2.24, 2.45) is 0 Å². The molecule has 0 aromatic heterocycles. The molecular formula is C23H20N2O3S. The van der Waals surface area contributed by atoms with Gasteiger partial charge in [-0.15, -0.1) is 0 Å². The molecule has 0 spiro atoms. The zero-order valence-corrected chi connectivity index (χ0v) is 16.6. The number of carbonyl (C=O) groups excluding carboxylic acids is 1. The summed E-state index contributed by atoms with van der Waals surface area (Å²) in [5.74, 6) is 0.127. The van der Waals surface area contributed by atoms with Crippen LogP contribution in [0.25, 0.3) is 11.1 Å². The maximum absolute atomic E-state index is 13.2. The number of carbonyl (C=O) groups is 1. The van der Waals surface area contributed by atoms with E-state index >= 15 is 0 Å². The van der Waals surface area contributed by atoms with E-state index in [0.29, 0.717) is 31.5 Å². The van der Waals surface area contributed by atoms with Gasteiger partial charge in [-0.05, 0) is 47.7 Å². The molecule has 0 radical (unpaired) electrons. The summed E-state index contributed by atoms with van der Waals surface area (Å²) in [5.41, 5.74) is 5.12. The Morgan fingerprint density at radius 1 is 0.828 bits per heavy atom. The molecule has 0 aliphatic carbocycles. The van der Waals surface area contributed by atoms with Crippen LogP contribution in [0.3, 0.4) is 0 Å². The van der Waals surface area contributed by atoms with E-state index in [1.165, 1.54) is 0 Å². The van der Waals surface area contributed by atoms with Crippen molar-refractivity contribution in [1.29, 1.82) is 0 Å². The molecule has 1 N–H and O–H groups in total. The van der Waals surface area contributed by atoms with Crippen LogP contribution < -0.4 is 9.62 Å². The van der Waals surface area contributed by atoms with Crippen molar-refractivity contribution in [3.05, 3.63) is 77.9 Å². The highest BCUT2D eigenvalue weighted by Gasteiger charge is 2.33. The average Bonchev–Trinajstić information content (AvgIpc) is 3.17. The number of rotatable bonds is 4. The van der Waals surface area contributed by atoms with Gasteiger partial charge in [0.1, 0.15) is 0 Å². The van der Waals surface area contributed by atoms with Crippen LogP contribution in [0.4, 0.5) is 11.4 Å². The molecule has 2 heterocycles. The van der Waals surface area contributed by atoms with Gasteiger partial charge in [-0.25, -0.2) is 8.42 Å². The van der Waals surface area contributed by atoms with E-state index in [4.69, 9.17) is 0 Å². The molecule has 5 rings (SSSR count). The van der Waals surface area contributed by atoms with E-state index in [9.17, 15) is 13.2 Å². The number of benzene rings is 3. The monoisotopic (exact) mass is 404 g/mol. The Bertz CT molecular complexity index is 1220. The van der Waals surface area contributed by atoms with Crippen molar-refractivity contribution < 1.29 is 13.2 Å². The summed E-state index contributed by atoms with van der Waals surface area (Å²) in [6.45, 7) is 0.634. The molecule has 2 aliphatic heterocycles. The Labute approximate surface area is 170 Å². The van der Waals surface area contributed by atoms with Gasteiger partial charge < -0.3 is 4.90 Å². The summed E-state index contributed by atoms with van der Waals surface area (Å²) in [7, 11) is -3.76. The fourth-order valence-electron chi connectivity index (χ4n) is 4.23. The lowest BCUT2D eigenvalue weighted by Gasteiger charge is -2.25. The van der Waals surface area contributed by atoms with Gasteiger partial charge in [0, 0.05) is 18.5 Å². The van der Waals surface area contributed by atoms with Crippen molar-refractivity contribution >= 4 is 27.3 Å². The lowest BCUT2D eigenvalue weighted by atomic mass is 10.00. The van der Waals surface area contributed by atoms with Crippen molar-refractivity contribution in [2.45, 2.75) is 24.2 Å². The van der Waals surface area contributed by atoms with Crippen LogP contribution in [0.1, 0.15) is 17.5 Å². The van der Waals surface area contributed by atoms with Crippen LogP contribution in [-0.2, 0) is 27.7 Å². The summed E-state index contributed by atoms with van der Waals surface area (Å²) >= 11 is 0. The van der Waals surface area contributed by atoms with Gasteiger partial charge in [0.25, 0.3) is 10.0 Å². The molecule has 3 aromatic carbocycles. The highest BCUT2D eigenvalue weighted by molar-refractivity contribution is 7.92. The van der Waals surface area contributed by atoms with E-state index in [0.717, 1.165) is 27.9 Å². The second-order valence-corrected chi connectivity index (χ2v) is 9.09. The Morgan fingerprint density at radius 3 is 2.31 bits per heavy atom. The van der Waals surface area contributed by atoms with E-state index in [2.05, 4.69) is 4.72 Å². The molecule has 5 nitrogen and oxygen atoms in total. The number of amides is 1. The maximum atomic E-state index is 13.2. The smallest absolute Gasteiger partial charge is 0.261 e. The summed E-state index contributed by atoms with van der Waals surface area (Å²) in [6, 6.07) is 20.5. The number of para-hydroxylation sites is 1. The normalized spacial score (nSPS) is 15.3. The molecule has 0 saturated heterocycles. The van der Waals surface area contributed by atoms with Gasteiger partial charge in [0.05, 0.1) is 16.3 Å². The quantitative estimate of drug-likeness (QED) is 0.715. The van der Waals surface area contributed by atoms with Gasteiger partial charge in [-0.1, -0.05) is 48.5 Å². The van der Waals surface area contributed by atoms with Gasteiger partial charge in [0.2, 0.25) is 5.91 Å². The van der Waals surface area contributed by atoms with Crippen molar-refractivity contribution in [3.63, 3.8) is 0 Å². The lowest BCUT2D eigenvalue weighted by Crippen LogP contribution is -2.33. The Kier molecular flexibility index (Phi) is 4.17. The number of nitrogens with one attached hydrogen (secondary N) is 1. The number of nitrogens with zero attached hydrogens (tertiary/aromatic N) is 1. The molecule has 0 saturated carbocycles. The number of aryl methyl sites for hydroxylation is 1. The number of sulfonamides is 1. The molecule has 0 atom stereocenters. The van der Waals surface area contributed by atoms with Crippen LogP contribution in [0.5, 0.6) is 0 Å². The van der Waals surface area contributed by atoms with Crippen LogP contribution >= 0.6 is 0 Å². The maximum Gasteiger partial charge on any atom is 0.261 e. The SMILES string of the molecule is O=C1CCc2cc(S(=O)(=O)Nc3ccccc3-c3ccccc3)cc3c2N1CC3. The standard InChI is InChI=1S/C23H20N2O3S/c26-22-11-10-17-14-19(15-18-12-13-25(22)23(17)18)29(27,28)24-21-9-5-4-8-20(21)16-6-2-1-3-7-16/h1-9,14-15,24H,10-13H2. The van der Waals surface area contributed by atoms with Gasteiger partial charge in [0.15, 0.2) is 0 Å². The third-order valence-corrected chi connectivity index (χ3v) is 6.94. The first-order valence-corrected chi connectivity index (χ1v) is 11.1. The molecule has 0 fully saturated rings. The summed E-state index contributed by atoms with van der Waals surface area (Å²) in [6.07, 6.45) is 1.71. The molecule has 1 amide bonds. The van der Waals surface area contributed by atoms with Crippen molar-refractivity contribution in [2.75, 3.05) is 16.2 Å². The minimum Gasteiger partial charge on any atom is -0.312 e. The van der Waals surface area contributed by atoms with Crippen LogP contribution in [0, 0.1) is 0 Å². The largest absolute Gasteiger partial charge is 0.312 e. The molecule has 29 heavy (non-hydrogen) atoms. The highest BCUT2D eigenvalue weighted by atomic mass is 32.2. The number of hydrogen-bond acceptors (Lipinski definition) is 3. The van der Waals surface area contributed by atoms with Crippen molar-refractivity contribution in [1.82, 2.24) is 0 Å². The molecule has 2 aliphatic rings. The van der Waals surface area contributed by atoms with E-state index in [1.807, 2.05) is 48.5 Å². The zero-order chi connectivity index (χ0) is 20.0. The van der Waals surface area contributed by atoms with E-state index < -0.39 is 10.0 Å². The zero-order valence-electron chi connectivity index (χ0n) is 15.8. The van der Waals surface area contributed by atoms with Gasteiger partial charge in [-0.3, -0.25) is 9.52 Å². The Morgan fingerprint density at radius 2 is 1.52 bits per heavy atom. The van der Waals surface area contributed by atoms with Crippen molar-refractivity contribution in [3.8, 4) is 11.1 Å². The second kappa shape index (κ2) is 6.74. The van der Waals surface area contributed by atoms with Crippen LogP contribution in [-0.4, -0.2) is 20.9 Å². The molecular weight excluding hydrogens is 384 g/mol. The third kappa shape index (κ3) is 3.09. The number of anilines is 2. The minimum atomic E-state index is -3.76. The van der Waals surface area contributed by atoms with E-state index in [-0.39, 0.29) is 10.8 Å². The average molecular weight is 404 g/mol. The fraction of sp³-hybridized carbons (Fsp3) is 0.174. The first-order chi connectivity index (χ1) is 14.0. The lowest BCUT2D eigenvalue weighted by molar-refractivity contribution is -0.118. The molecule has 146 valence electrons. The van der Waals surface area contributed by atoms with Gasteiger partial charge in [-0.2, -0.15) is 0 Å². The van der Waals surface area contributed by atoms with Crippen LogP contribution in [0.15, 0.2) is 71.6 Å². The van der Waals surface area contributed by atoms with Crippen LogP contribution in [0.2, 0.25) is 0 Å². The molecule has 6 heteroatoms. The minimum absolute atomic E-state index is 0.127. The fourth-order valence-corrected chi connectivity index (χ4v) is 5.41. The third-order valence-electron chi connectivity index (χ3n) is 5.59. The number of hydrogen-bond donors (Lipinski definition) is 1. The molecule has 0 unspecified atom stereocenters. The second-order valence-electron chi connectivity index (χ2n) is 7.40. The summed E-state index contributed by atoms with van der Waals surface area (Å²) in [4.78, 5) is 14.2. The predicted octanol–water partition coefficient (Wildman–Crippen LogP) is 3.99. The summed E-state index contributed by atoms with van der Waals surface area (Å²) in [5, 5.41) is 0. The first kappa shape index (κ1) is 17.9. The first-order valence-electron chi connectivity index (χ1n) is 9.66. The highest BCUT2D eigenvalue weighted by Crippen LogP contribution is 2.39. The molecule has 0 bridgehead atoms. The predicted molar refractivity (Wildman–Crippen MR) is 114 cm³/mol. The summed E-state index contributed by atoms with van der Waals surface area (Å²) < 4.78 is 29.2. The Balaban J connectivity index is 1.54. The molecule has 3 aromatic rings. The Hall–Kier alpha value is -3.12. The van der Waals surface area contributed by atoms with Gasteiger partial charge >= 0.3 is 0 Å². The van der Waals surface area contributed by atoms with E-state index in [1.54, 1.807) is 23.1 Å².